The maximum atomic E-state index is 6.51. The van der Waals surface area contributed by atoms with E-state index in [2.05, 4.69) is 10.2 Å². The molecule has 0 atom stereocenters. The normalized spacial score (nSPS) is 14.7. The number of nitrogens with zero attached hydrogens (tertiary/aromatic N) is 3. The zero-order chi connectivity index (χ0) is 19.8. The summed E-state index contributed by atoms with van der Waals surface area (Å²) in [5, 5.41) is 9.95. The molecule has 0 amide bonds. The first-order chi connectivity index (χ1) is 14.2. The van der Waals surface area contributed by atoms with Gasteiger partial charge >= 0.3 is 0 Å². The van der Waals surface area contributed by atoms with Crippen LogP contribution in [0.1, 0.15) is 25.7 Å². The number of rotatable bonds is 4. The predicted octanol–water partition coefficient (Wildman–Crippen LogP) is 5.96. The summed E-state index contributed by atoms with van der Waals surface area (Å²) >= 11 is 8.26. The molecule has 1 saturated carbocycles. The number of aromatic nitrogens is 4. The van der Waals surface area contributed by atoms with E-state index in [1.807, 2.05) is 42.5 Å². The third-order valence-corrected chi connectivity index (χ3v) is 6.92. The van der Waals surface area contributed by atoms with Crippen LogP contribution in [0.3, 0.4) is 0 Å². The molecule has 0 spiro atoms. The molecular weight excluding hydrogens is 402 g/mol. The first kappa shape index (κ1) is 18.5. The van der Waals surface area contributed by atoms with Crippen molar-refractivity contribution in [1.82, 2.24) is 20.2 Å². The second-order valence-corrected chi connectivity index (χ2v) is 8.99. The monoisotopic (exact) mass is 421 g/mol. The van der Waals surface area contributed by atoms with Crippen LogP contribution in [0, 0.1) is 0 Å². The molecule has 1 fully saturated rings. The molecule has 0 unspecified atom stereocenters. The van der Waals surface area contributed by atoms with Crippen LogP contribution in [-0.2, 0) is 0 Å². The van der Waals surface area contributed by atoms with Gasteiger partial charge in [-0.05, 0) is 25.0 Å². The number of benzene rings is 2. The lowest BCUT2D eigenvalue weighted by molar-refractivity contribution is 0.886. The SMILES string of the molecule is Nc1nc(-c2ccccc2)c(-c2cc(Cl)c3[nH]ncc3c2)nc1SC1CCCC1. The van der Waals surface area contributed by atoms with E-state index in [0.29, 0.717) is 16.1 Å². The fourth-order valence-electron chi connectivity index (χ4n) is 3.83. The van der Waals surface area contributed by atoms with Crippen molar-refractivity contribution >= 4 is 40.1 Å². The van der Waals surface area contributed by atoms with Crippen LogP contribution in [0.25, 0.3) is 33.4 Å². The topological polar surface area (TPSA) is 80.5 Å². The third-order valence-electron chi connectivity index (χ3n) is 5.29. The molecule has 29 heavy (non-hydrogen) atoms. The zero-order valence-electron chi connectivity index (χ0n) is 15.7. The smallest absolute Gasteiger partial charge is 0.156 e. The van der Waals surface area contributed by atoms with Crippen molar-refractivity contribution in [3.05, 3.63) is 53.7 Å². The van der Waals surface area contributed by atoms with Gasteiger partial charge in [0, 0.05) is 21.8 Å². The highest BCUT2D eigenvalue weighted by Gasteiger charge is 2.22. The molecule has 2 aromatic carbocycles. The second kappa shape index (κ2) is 7.69. The molecule has 0 saturated heterocycles. The number of halogens is 1. The van der Waals surface area contributed by atoms with Gasteiger partial charge in [-0.2, -0.15) is 5.10 Å². The summed E-state index contributed by atoms with van der Waals surface area (Å²) in [6.45, 7) is 0. The summed E-state index contributed by atoms with van der Waals surface area (Å²) in [5.41, 5.74) is 10.6. The molecule has 1 aliphatic rings. The van der Waals surface area contributed by atoms with Gasteiger partial charge in [-0.15, -0.1) is 0 Å². The Morgan fingerprint density at radius 1 is 1.00 bits per heavy atom. The summed E-state index contributed by atoms with van der Waals surface area (Å²) < 4.78 is 0. The molecule has 0 radical (unpaired) electrons. The molecule has 2 aromatic heterocycles. The van der Waals surface area contributed by atoms with E-state index in [1.165, 1.54) is 25.7 Å². The fourth-order valence-corrected chi connectivity index (χ4v) is 5.30. The van der Waals surface area contributed by atoms with Crippen molar-refractivity contribution in [3.8, 4) is 22.5 Å². The van der Waals surface area contributed by atoms with E-state index in [4.69, 9.17) is 27.3 Å². The summed E-state index contributed by atoms with van der Waals surface area (Å²) in [5.74, 6) is 0.486. The van der Waals surface area contributed by atoms with Gasteiger partial charge in [-0.25, -0.2) is 9.97 Å². The Balaban J connectivity index is 1.69. The van der Waals surface area contributed by atoms with Gasteiger partial charge in [-0.1, -0.05) is 66.5 Å². The first-order valence-electron chi connectivity index (χ1n) is 9.71. The van der Waals surface area contributed by atoms with Crippen LogP contribution < -0.4 is 5.73 Å². The van der Waals surface area contributed by atoms with Crippen LogP contribution in [-0.4, -0.2) is 25.4 Å². The standard InChI is InChI=1S/C22H20ClN5S/c23-17-11-14(10-15-12-25-28-18(15)17)20-19(13-6-2-1-3-7-13)26-21(24)22(27-20)29-16-8-4-5-9-16/h1-3,6-7,10-12,16H,4-5,8-9H2,(H2,24,26)(H,25,28). The van der Waals surface area contributed by atoms with E-state index in [9.17, 15) is 0 Å². The number of hydrogen-bond donors (Lipinski definition) is 2. The largest absolute Gasteiger partial charge is 0.381 e. The average molecular weight is 422 g/mol. The van der Waals surface area contributed by atoms with Crippen molar-refractivity contribution in [2.24, 2.45) is 0 Å². The molecule has 0 aliphatic heterocycles. The maximum absolute atomic E-state index is 6.51. The van der Waals surface area contributed by atoms with Gasteiger partial charge in [0.25, 0.3) is 0 Å². The van der Waals surface area contributed by atoms with E-state index in [-0.39, 0.29) is 0 Å². The van der Waals surface area contributed by atoms with Gasteiger partial charge < -0.3 is 5.73 Å². The van der Waals surface area contributed by atoms with Gasteiger partial charge in [-0.3, -0.25) is 5.10 Å². The van der Waals surface area contributed by atoms with Crippen LogP contribution in [0.15, 0.2) is 53.7 Å². The number of aromatic amines is 1. The molecule has 5 rings (SSSR count). The Morgan fingerprint density at radius 3 is 2.55 bits per heavy atom. The van der Waals surface area contributed by atoms with Crippen molar-refractivity contribution in [1.29, 1.82) is 0 Å². The van der Waals surface area contributed by atoms with Crippen molar-refractivity contribution < 1.29 is 0 Å². The lowest BCUT2D eigenvalue weighted by Crippen LogP contribution is -2.04. The van der Waals surface area contributed by atoms with Crippen molar-refractivity contribution in [2.45, 2.75) is 36.0 Å². The van der Waals surface area contributed by atoms with Gasteiger partial charge in [0.1, 0.15) is 5.03 Å². The van der Waals surface area contributed by atoms with E-state index >= 15 is 0 Å². The Kier molecular flexibility index (Phi) is 4.89. The minimum Gasteiger partial charge on any atom is -0.381 e. The first-order valence-corrected chi connectivity index (χ1v) is 11.0. The fraction of sp³-hybridized carbons (Fsp3) is 0.227. The molecule has 146 valence electrons. The number of H-pyrrole nitrogens is 1. The average Bonchev–Trinajstić information content (AvgIpc) is 3.42. The van der Waals surface area contributed by atoms with Crippen LogP contribution in [0.4, 0.5) is 5.82 Å². The van der Waals surface area contributed by atoms with Crippen molar-refractivity contribution in [2.75, 3.05) is 5.73 Å². The quantitative estimate of drug-likeness (QED) is 0.425. The molecule has 5 nitrogen and oxygen atoms in total. The second-order valence-electron chi connectivity index (χ2n) is 7.29. The third kappa shape index (κ3) is 3.58. The number of anilines is 1. The lowest BCUT2D eigenvalue weighted by atomic mass is 10.0. The van der Waals surface area contributed by atoms with E-state index in [0.717, 1.165) is 38.4 Å². The molecule has 2 heterocycles. The predicted molar refractivity (Wildman–Crippen MR) is 120 cm³/mol. The minimum absolute atomic E-state index is 0.486. The molecule has 1 aliphatic carbocycles. The number of thioether (sulfide) groups is 1. The Hall–Kier alpha value is -2.57. The van der Waals surface area contributed by atoms with E-state index in [1.54, 1.807) is 18.0 Å². The number of nitrogen functional groups attached to an aromatic ring is 1. The maximum Gasteiger partial charge on any atom is 0.156 e. The highest BCUT2D eigenvalue weighted by molar-refractivity contribution is 8.00. The van der Waals surface area contributed by atoms with Crippen LogP contribution in [0.2, 0.25) is 5.02 Å². The zero-order valence-corrected chi connectivity index (χ0v) is 17.3. The molecule has 0 bridgehead atoms. The van der Waals surface area contributed by atoms with Gasteiger partial charge in [0.2, 0.25) is 0 Å². The molecule has 7 heteroatoms. The van der Waals surface area contributed by atoms with E-state index < -0.39 is 0 Å². The number of fused-ring (bicyclic) bond motifs is 1. The molecule has 4 aromatic rings. The molecule has 3 N–H and O–H groups in total. The number of hydrogen-bond acceptors (Lipinski definition) is 5. The van der Waals surface area contributed by atoms with Gasteiger partial charge in [0.15, 0.2) is 5.82 Å². The Labute approximate surface area is 178 Å². The minimum atomic E-state index is 0.486. The van der Waals surface area contributed by atoms with Crippen molar-refractivity contribution in [3.63, 3.8) is 0 Å². The van der Waals surface area contributed by atoms with Gasteiger partial charge in [0.05, 0.1) is 28.1 Å². The summed E-state index contributed by atoms with van der Waals surface area (Å²) in [6, 6.07) is 14.0. The number of nitrogens with one attached hydrogen (secondary N) is 1. The highest BCUT2D eigenvalue weighted by atomic mass is 35.5. The summed E-state index contributed by atoms with van der Waals surface area (Å²) in [7, 11) is 0. The van der Waals surface area contributed by atoms with Crippen LogP contribution >= 0.6 is 23.4 Å². The van der Waals surface area contributed by atoms with Crippen LogP contribution in [0.5, 0.6) is 0 Å². The number of nitrogens with two attached hydrogens (primary N) is 1. The summed E-state index contributed by atoms with van der Waals surface area (Å²) in [4.78, 5) is 9.79. The Morgan fingerprint density at radius 2 is 1.76 bits per heavy atom. The summed E-state index contributed by atoms with van der Waals surface area (Å²) in [6.07, 6.45) is 6.72. The Bertz CT molecular complexity index is 1170. The highest BCUT2D eigenvalue weighted by Crippen LogP contribution is 2.40. The molecular formula is C22H20ClN5S. The lowest BCUT2D eigenvalue weighted by Gasteiger charge is -2.15.